The summed E-state index contributed by atoms with van der Waals surface area (Å²) in [5.41, 5.74) is 2.28. The summed E-state index contributed by atoms with van der Waals surface area (Å²) in [6, 6.07) is 7.36. The van der Waals surface area contributed by atoms with E-state index in [9.17, 15) is 14.3 Å². The Bertz CT molecular complexity index is 1520. The molecule has 1 aliphatic heterocycles. The Kier molecular flexibility index (Phi) is 6.11. The number of carbonyl (C=O) groups excluding carboxylic acids is 1. The van der Waals surface area contributed by atoms with Gasteiger partial charge in [0.25, 0.3) is 5.91 Å². The quantitative estimate of drug-likeness (QED) is 0.369. The topological polar surface area (TPSA) is 117 Å². The minimum absolute atomic E-state index is 0.158. The molecule has 198 valence electrons. The van der Waals surface area contributed by atoms with E-state index in [0.29, 0.717) is 47.1 Å². The van der Waals surface area contributed by atoms with Crippen molar-refractivity contribution in [2.75, 3.05) is 23.3 Å². The average Bonchev–Trinajstić information content (AvgIpc) is 3.22. The van der Waals surface area contributed by atoms with Crippen molar-refractivity contribution < 1.29 is 19.0 Å². The van der Waals surface area contributed by atoms with Crippen molar-refractivity contribution in [2.24, 2.45) is 7.05 Å². The van der Waals surface area contributed by atoms with Crippen molar-refractivity contribution in [3.05, 3.63) is 48.0 Å². The van der Waals surface area contributed by atoms with Crippen LogP contribution in [0.5, 0.6) is 6.01 Å². The maximum Gasteiger partial charge on any atom is 0.317 e. The van der Waals surface area contributed by atoms with Gasteiger partial charge in [-0.1, -0.05) is 0 Å². The van der Waals surface area contributed by atoms with Crippen LogP contribution in [0.15, 0.2) is 36.7 Å². The lowest BCUT2D eigenvalue weighted by atomic mass is 9.92. The van der Waals surface area contributed by atoms with Gasteiger partial charge >= 0.3 is 6.01 Å². The minimum Gasteiger partial charge on any atom is -0.460 e. The standard InChI is InChI=1S/C27H30FN7O3/c1-14-11-35(12-15(2)30-14)23-5-4-20(25-21(23)10-29-27(32-25)38-19-8-18(36)9-19)26(37)31-17-6-16-13-34(3)33-24(16)22(28)7-17/h4-7,10,13-15,18-19,30,36H,8-9,11-12H2,1-3H3,(H,31,37)/t14-,15+,18?,19?. The van der Waals surface area contributed by atoms with E-state index in [1.165, 1.54) is 10.7 Å². The first kappa shape index (κ1) is 24.5. The molecule has 1 saturated heterocycles. The van der Waals surface area contributed by atoms with Gasteiger partial charge in [-0.2, -0.15) is 10.1 Å². The highest BCUT2D eigenvalue weighted by Gasteiger charge is 2.30. The molecule has 10 nitrogen and oxygen atoms in total. The number of aliphatic hydroxyl groups is 1. The highest BCUT2D eigenvalue weighted by molar-refractivity contribution is 6.14. The third kappa shape index (κ3) is 4.63. The second kappa shape index (κ2) is 9.48. The van der Waals surface area contributed by atoms with E-state index in [2.05, 4.69) is 44.4 Å². The van der Waals surface area contributed by atoms with Crippen LogP contribution in [0, 0.1) is 5.82 Å². The Morgan fingerprint density at radius 2 is 1.95 bits per heavy atom. The summed E-state index contributed by atoms with van der Waals surface area (Å²) in [7, 11) is 1.72. The number of aryl methyl sites for hydroxylation is 1. The maximum atomic E-state index is 14.6. The number of aromatic nitrogens is 4. The molecule has 4 aromatic rings. The molecule has 2 aliphatic rings. The number of benzene rings is 2. The molecule has 2 aromatic carbocycles. The highest BCUT2D eigenvalue weighted by Crippen LogP contribution is 2.32. The van der Waals surface area contributed by atoms with Gasteiger partial charge in [-0.25, -0.2) is 9.37 Å². The summed E-state index contributed by atoms with van der Waals surface area (Å²) in [4.78, 5) is 24.9. The Balaban J connectivity index is 1.38. The second-order valence-corrected chi connectivity index (χ2v) is 10.4. The van der Waals surface area contributed by atoms with Crippen LogP contribution in [0.4, 0.5) is 15.8 Å². The summed E-state index contributed by atoms with van der Waals surface area (Å²) >= 11 is 0. The Morgan fingerprint density at radius 1 is 1.18 bits per heavy atom. The van der Waals surface area contributed by atoms with Crippen LogP contribution < -0.4 is 20.3 Å². The van der Waals surface area contributed by atoms with Gasteiger partial charge in [-0.05, 0) is 38.1 Å². The molecular formula is C27H30FN7O3. The average molecular weight is 520 g/mol. The van der Waals surface area contributed by atoms with Crippen molar-refractivity contribution in [2.45, 2.75) is 51.0 Å². The predicted octanol–water partition coefficient (Wildman–Crippen LogP) is 3.00. The molecule has 1 aliphatic carbocycles. The van der Waals surface area contributed by atoms with Crippen molar-refractivity contribution in [1.29, 1.82) is 0 Å². The van der Waals surface area contributed by atoms with Crippen molar-refractivity contribution in [3.63, 3.8) is 0 Å². The fourth-order valence-corrected chi connectivity index (χ4v) is 5.39. The highest BCUT2D eigenvalue weighted by atomic mass is 19.1. The maximum absolute atomic E-state index is 14.6. The largest absolute Gasteiger partial charge is 0.460 e. The number of anilines is 2. The summed E-state index contributed by atoms with van der Waals surface area (Å²) in [6.07, 6.45) is 3.90. The van der Waals surface area contributed by atoms with E-state index >= 15 is 0 Å². The van der Waals surface area contributed by atoms with Crippen LogP contribution in [0.2, 0.25) is 0 Å². The monoisotopic (exact) mass is 519 g/mol. The second-order valence-electron chi connectivity index (χ2n) is 10.4. The van der Waals surface area contributed by atoms with E-state index in [0.717, 1.165) is 24.2 Å². The zero-order chi connectivity index (χ0) is 26.6. The van der Waals surface area contributed by atoms with Gasteiger partial charge in [0.2, 0.25) is 0 Å². The molecule has 38 heavy (non-hydrogen) atoms. The van der Waals surface area contributed by atoms with Gasteiger partial charge < -0.3 is 25.4 Å². The van der Waals surface area contributed by atoms with Gasteiger partial charge in [0.15, 0.2) is 5.82 Å². The van der Waals surface area contributed by atoms with Gasteiger partial charge in [0.1, 0.15) is 11.6 Å². The fourth-order valence-electron chi connectivity index (χ4n) is 5.39. The number of fused-ring (bicyclic) bond motifs is 2. The van der Waals surface area contributed by atoms with Gasteiger partial charge in [0, 0.05) is 79.6 Å². The van der Waals surface area contributed by atoms with Crippen LogP contribution >= 0.6 is 0 Å². The molecule has 0 spiro atoms. The van der Waals surface area contributed by atoms with E-state index in [1.807, 2.05) is 6.07 Å². The Morgan fingerprint density at radius 3 is 2.68 bits per heavy atom. The van der Waals surface area contributed by atoms with Crippen LogP contribution in [-0.4, -0.2) is 68.1 Å². The normalized spacial score (nSPS) is 23.4. The number of nitrogens with one attached hydrogen (secondary N) is 2. The molecule has 11 heteroatoms. The lowest BCUT2D eigenvalue weighted by Crippen LogP contribution is -2.54. The predicted molar refractivity (Wildman–Crippen MR) is 142 cm³/mol. The molecule has 0 bridgehead atoms. The van der Waals surface area contributed by atoms with E-state index < -0.39 is 11.7 Å². The van der Waals surface area contributed by atoms with E-state index in [4.69, 9.17) is 4.74 Å². The van der Waals surface area contributed by atoms with Gasteiger partial charge in [-0.15, -0.1) is 0 Å². The molecule has 1 saturated carbocycles. The third-order valence-corrected chi connectivity index (χ3v) is 7.12. The third-order valence-electron chi connectivity index (χ3n) is 7.12. The number of rotatable bonds is 5. The molecule has 0 unspecified atom stereocenters. The van der Waals surface area contributed by atoms with Gasteiger partial charge in [0.05, 0.1) is 17.2 Å². The molecular weight excluding hydrogens is 489 g/mol. The molecule has 2 fully saturated rings. The van der Waals surface area contributed by atoms with Crippen LogP contribution in [0.1, 0.15) is 37.0 Å². The fraction of sp³-hybridized carbons (Fsp3) is 0.407. The molecule has 0 radical (unpaired) electrons. The summed E-state index contributed by atoms with van der Waals surface area (Å²) in [6.45, 7) is 5.88. The molecule has 2 atom stereocenters. The number of ether oxygens (including phenoxy) is 1. The summed E-state index contributed by atoms with van der Waals surface area (Å²) in [5, 5.41) is 21.4. The number of carbonyl (C=O) groups is 1. The SMILES string of the molecule is C[C@@H]1CN(c2ccc(C(=O)Nc3cc(F)c4nn(C)cc4c3)c3nc(OC4CC(O)C4)ncc23)C[C@H](C)N1. The lowest BCUT2D eigenvalue weighted by molar-refractivity contribution is -0.0149. The zero-order valence-electron chi connectivity index (χ0n) is 21.5. The van der Waals surface area contributed by atoms with E-state index in [1.54, 1.807) is 31.6 Å². The minimum atomic E-state index is -0.513. The van der Waals surface area contributed by atoms with Crippen LogP contribution in [0.25, 0.3) is 21.8 Å². The molecule has 3 N–H and O–H groups in total. The van der Waals surface area contributed by atoms with Crippen LogP contribution in [-0.2, 0) is 7.05 Å². The zero-order valence-corrected chi connectivity index (χ0v) is 21.5. The number of piperazine rings is 1. The number of nitrogens with zero attached hydrogens (tertiary/aromatic N) is 5. The first-order valence-corrected chi connectivity index (χ1v) is 12.8. The summed E-state index contributed by atoms with van der Waals surface area (Å²) in [5.74, 6) is -0.934. The number of amides is 1. The Labute approximate surface area is 218 Å². The smallest absolute Gasteiger partial charge is 0.317 e. The molecule has 3 heterocycles. The molecule has 1 amide bonds. The first-order valence-electron chi connectivity index (χ1n) is 12.8. The molecule has 2 aromatic heterocycles. The lowest BCUT2D eigenvalue weighted by Gasteiger charge is -2.38. The van der Waals surface area contributed by atoms with Crippen molar-refractivity contribution in [3.8, 4) is 6.01 Å². The number of hydrogen-bond acceptors (Lipinski definition) is 8. The molecule has 6 rings (SSSR count). The number of halogens is 1. The number of hydrogen-bond donors (Lipinski definition) is 3. The summed E-state index contributed by atoms with van der Waals surface area (Å²) < 4.78 is 22.0. The van der Waals surface area contributed by atoms with Gasteiger partial charge in [-0.3, -0.25) is 9.48 Å². The first-order chi connectivity index (χ1) is 18.2. The van der Waals surface area contributed by atoms with Crippen molar-refractivity contribution >= 4 is 39.1 Å². The van der Waals surface area contributed by atoms with Crippen molar-refractivity contribution in [1.82, 2.24) is 25.1 Å². The van der Waals surface area contributed by atoms with Crippen LogP contribution in [0.3, 0.4) is 0 Å². The van der Waals surface area contributed by atoms with E-state index in [-0.39, 0.29) is 23.7 Å². The Hall–Kier alpha value is -3.83. The number of aliphatic hydroxyl groups excluding tert-OH is 1.